The SMILES string of the molecule is c1ccc(-n2c3cc4c(cc3c3cc5c(cc32)c2ncccc2n2c3ccncc3nc52)Cc2ccccc2-4)cc1. The van der Waals surface area contributed by atoms with Crippen LogP contribution < -0.4 is 0 Å². The summed E-state index contributed by atoms with van der Waals surface area (Å²) in [7, 11) is 0. The molecule has 0 fully saturated rings. The molecule has 1 aliphatic rings. The fraction of sp³-hybridized carbons (Fsp3) is 0.0278. The molecule has 0 spiro atoms. The van der Waals surface area contributed by atoms with Crippen LogP contribution in [0.1, 0.15) is 11.1 Å². The van der Waals surface area contributed by atoms with E-state index in [-0.39, 0.29) is 0 Å². The minimum Gasteiger partial charge on any atom is -0.309 e. The van der Waals surface area contributed by atoms with Crippen molar-refractivity contribution in [1.29, 1.82) is 0 Å². The van der Waals surface area contributed by atoms with Gasteiger partial charge in [0.1, 0.15) is 11.2 Å². The Hall–Kier alpha value is -5.55. The van der Waals surface area contributed by atoms with Crippen molar-refractivity contribution >= 4 is 60.3 Å². The maximum Gasteiger partial charge on any atom is 0.146 e. The zero-order valence-corrected chi connectivity index (χ0v) is 21.9. The van der Waals surface area contributed by atoms with Gasteiger partial charge >= 0.3 is 0 Å². The van der Waals surface area contributed by atoms with Crippen LogP contribution in [0.2, 0.25) is 0 Å². The van der Waals surface area contributed by atoms with E-state index in [0.29, 0.717) is 0 Å². The maximum absolute atomic E-state index is 5.10. The van der Waals surface area contributed by atoms with Gasteiger partial charge in [-0.15, -0.1) is 0 Å². The smallest absolute Gasteiger partial charge is 0.146 e. The monoisotopic (exact) mass is 523 g/mol. The number of benzene rings is 4. The summed E-state index contributed by atoms with van der Waals surface area (Å²) < 4.78 is 4.65. The van der Waals surface area contributed by atoms with Crippen molar-refractivity contribution in [3.8, 4) is 16.8 Å². The van der Waals surface area contributed by atoms with Crippen molar-refractivity contribution in [1.82, 2.24) is 23.9 Å². The van der Waals surface area contributed by atoms with E-state index in [2.05, 4.69) is 98.9 Å². The standard InChI is InChI=1S/C36H21N5/c1-2-8-23(9-3-1)40-33-18-25-22(15-21-7-4-5-10-24(21)25)16-26(33)27-17-29-28(19-34(27)40)35-32(11-6-13-38-35)41-31-12-14-37-20-30(31)39-36(29)41/h1-14,16-20H,15H2. The van der Waals surface area contributed by atoms with Gasteiger partial charge in [0, 0.05) is 39.6 Å². The first-order valence-corrected chi connectivity index (χ1v) is 13.9. The summed E-state index contributed by atoms with van der Waals surface area (Å²) in [4.78, 5) is 14.4. The molecular weight excluding hydrogens is 502 g/mol. The first-order valence-electron chi connectivity index (χ1n) is 13.9. The highest BCUT2D eigenvalue weighted by Crippen LogP contribution is 2.44. The maximum atomic E-state index is 5.10. The van der Waals surface area contributed by atoms with Gasteiger partial charge in [-0.25, -0.2) is 4.98 Å². The number of hydrogen-bond donors (Lipinski definition) is 0. The fourth-order valence-electron chi connectivity index (χ4n) is 7.07. The molecular formula is C36H21N5. The van der Waals surface area contributed by atoms with Crippen LogP contribution in [0.25, 0.3) is 77.1 Å². The van der Waals surface area contributed by atoms with Crippen molar-refractivity contribution < 1.29 is 0 Å². The molecule has 0 unspecified atom stereocenters. The number of imidazole rings is 1. The van der Waals surface area contributed by atoms with E-state index >= 15 is 0 Å². The van der Waals surface area contributed by atoms with E-state index in [1.165, 1.54) is 44.1 Å². The molecule has 0 amide bonds. The normalized spacial score (nSPS) is 12.8. The van der Waals surface area contributed by atoms with Gasteiger partial charge in [0.15, 0.2) is 0 Å². The number of pyridine rings is 3. The van der Waals surface area contributed by atoms with Gasteiger partial charge in [-0.1, -0.05) is 42.5 Å². The molecule has 5 aromatic heterocycles. The minimum atomic E-state index is 0.882. The molecule has 4 aromatic carbocycles. The van der Waals surface area contributed by atoms with E-state index in [4.69, 9.17) is 9.97 Å². The summed E-state index contributed by atoms with van der Waals surface area (Å²) in [5.74, 6) is 0. The molecule has 0 atom stereocenters. The third-order valence-electron chi connectivity index (χ3n) is 8.81. The van der Waals surface area contributed by atoms with Gasteiger partial charge in [-0.3, -0.25) is 14.4 Å². The summed E-state index contributed by atoms with van der Waals surface area (Å²) in [5.41, 5.74) is 13.8. The molecule has 5 heterocycles. The highest BCUT2D eigenvalue weighted by molar-refractivity contribution is 6.21. The first-order chi connectivity index (χ1) is 20.3. The van der Waals surface area contributed by atoms with Gasteiger partial charge in [0.05, 0.1) is 33.8 Å². The van der Waals surface area contributed by atoms with Crippen molar-refractivity contribution in [2.75, 3.05) is 0 Å². The second kappa shape index (κ2) is 7.55. The highest BCUT2D eigenvalue weighted by Gasteiger charge is 2.23. The number of aromatic nitrogens is 5. The minimum absolute atomic E-state index is 0.882. The van der Waals surface area contributed by atoms with E-state index in [1.807, 2.05) is 30.7 Å². The third kappa shape index (κ3) is 2.72. The molecule has 0 N–H and O–H groups in total. The van der Waals surface area contributed by atoms with Crippen LogP contribution in [-0.4, -0.2) is 23.9 Å². The Balaban J connectivity index is 1.43. The van der Waals surface area contributed by atoms with Gasteiger partial charge < -0.3 is 4.57 Å². The van der Waals surface area contributed by atoms with Gasteiger partial charge in [-0.2, -0.15) is 0 Å². The zero-order chi connectivity index (χ0) is 26.7. The second-order valence-corrected chi connectivity index (χ2v) is 11.0. The molecule has 1 aliphatic carbocycles. The van der Waals surface area contributed by atoms with Crippen LogP contribution >= 0.6 is 0 Å². The highest BCUT2D eigenvalue weighted by atomic mass is 15.0. The molecule has 0 bridgehead atoms. The number of para-hydroxylation sites is 1. The first kappa shape index (κ1) is 21.3. The van der Waals surface area contributed by atoms with Crippen LogP contribution in [0.4, 0.5) is 0 Å². The molecule has 5 nitrogen and oxygen atoms in total. The van der Waals surface area contributed by atoms with Crippen LogP contribution in [0.15, 0.2) is 116 Å². The molecule has 10 rings (SSSR count). The number of hydrogen-bond acceptors (Lipinski definition) is 3. The third-order valence-corrected chi connectivity index (χ3v) is 8.81. The molecule has 5 heteroatoms. The summed E-state index contributed by atoms with van der Waals surface area (Å²) in [6.07, 6.45) is 6.52. The lowest BCUT2D eigenvalue weighted by Gasteiger charge is -2.11. The fourth-order valence-corrected chi connectivity index (χ4v) is 7.07. The zero-order valence-electron chi connectivity index (χ0n) is 21.9. The van der Waals surface area contributed by atoms with Gasteiger partial charge in [0.25, 0.3) is 0 Å². The van der Waals surface area contributed by atoms with Crippen molar-refractivity contribution in [3.05, 3.63) is 127 Å². The van der Waals surface area contributed by atoms with E-state index < -0.39 is 0 Å². The van der Waals surface area contributed by atoms with Gasteiger partial charge in [0.2, 0.25) is 0 Å². The Kier molecular flexibility index (Phi) is 3.92. The molecule has 41 heavy (non-hydrogen) atoms. The Morgan fingerprint density at radius 3 is 2.39 bits per heavy atom. The molecule has 190 valence electrons. The summed E-state index contributed by atoms with van der Waals surface area (Å²) in [6.45, 7) is 0. The number of rotatable bonds is 1. The molecule has 9 aromatic rings. The average molecular weight is 524 g/mol. The van der Waals surface area contributed by atoms with E-state index in [1.54, 1.807) is 0 Å². The number of nitrogens with zero attached hydrogens (tertiary/aromatic N) is 5. The van der Waals surface area contributed by atoms with Crippen molar-refractivity contribution in [2.45, 2.75) is 6.42 Å². The molecule has 0 aliphatic heterocycles. The Morgan fingerprint density at radius 2 is 1.44 bits per heavy atom. The van der Waals surface area contributed by atoms with E-state index in [0.717, 1.165) is 50.6 Å². The van der Waals surface area contributed by atoms with Crippen LogP contribution in [0.5, 0.6) is 0 Å². The molecule has 0 radical (unpaired) electrons. The van der Waals surface area contributed by atoms with Crippen molar-refractivity contribution in [2.24, 2.45) is 0 Å². The van der Waals surface area contributed by atoms with Crippen LogP contribution in [-0.2, 0) is 6.42 Å². The Labute approximate surface area is 234 Å². The lowest BCUT2D eigenvalue weighted by atomic mass is 10.0. The Morgan fingerprint density at radius 1 is 0.585 bits per heavy atom. The lowest BCUT2D eigenvalue weighted by molar-refractivity contribution is 1.18. The largest absolute Gasteiger partial charge is 0.309 e. The summed E-state index contributed by atoms with van der Waals surface area (Å²) in [6, 6.07) is 35.1. The Bertz CT molecular complexity index is 2550. The van der Waals surface area contributed by atoms with Crippen LogP contribution in [0, 0.1) is 0 Å². The molecule has 0 saturated heterocycles. The van der Waals surface area contributed by atoms with Gasteiger partial charge in [-0.05, 0) is 83.3 Å². The average Bonchev–Trinajstić information content (AvgIpc) is 3.69. The predicted octanol–water partition coefficient (Wildman–Crippen LogP) is 8.25. The topological polar surface area (TPSA) is 48.0 Å². The van der Waals surface area contributed by atoms with Crippen molar-refractivity contribution in [3.63, 3.8) is 0 Å². The van der Waals surface area contributed by atoms with E-state index in [9.17, 15) is 0 Å². The lowest BCUT2D eigenvalue weighted by Crippen LogP contribution is -1.95. The number of fused-ring (bicyclic) bond motifs is 14. The quantitative estimate of drug-likeness (QED) is 0.204. The summed E-state index contributed by atoms with van der Waals surface area (Å²) in [5, 5.41) is 4.67. The summed E-state index contributed by atoms with van der Waals surface area (Å²) >= 11 is 0. The predicted molar refractivity (Wildman–Crippen MR) is 166 cm³/mol. The second-order valence-electron chi connectivity index (χ2n) is 11.0. The molecule has 0 saturated carbocycles. The van der Waals surface area contributed by atoms with Crippen LogP contribution in [0.3, 0.4) is 0 Å².